The molecular formula is C17H21NO5. The number of carboxylic acid groups (broad SMARTS) is 1. The molecule has 0 bridgehead atoms. The number of Topliss-reactive ketones (excluding diaryl/α,β-unsaturated/α-hetero) is 1. The molecule has 6 heteroatoms. The maximum absolute atomic E-state index is 11.8. The fraction of sp³-hybridized carbons (Fsp3) is 0.471. The number of hydrogen-bond donors (Lipinski definition) is 2. The second-order valence-electron chi connectivity index (χ2n) is 6.21. The van der Waals surface area contributed by atoms with Crippen LogP contribution in [-0.2, 0) is 20.7 Å². The number of ether oxygens (including phenoxy) is 1. The number of hydrogen-bond acceptors (Lipinski definition) is 4. The van der Waals surface area contributed by atoms with Gasteiger partial charge in [0.05, 0.1) is 0 Å². The van der Waals surface area contributed by atoms with Gasteiger partial charge in [-0.15, -0.1) is 0 Å². The molecule has 2 rings (SSSR count). The number of ketones is 1. The van der Waals surface area contributed by atoms with Gasteiger partial charge in [0.25, 0.3) is 0 Å². The fourth-order valence-corrected chi connectivity index (χ4v) is 2.84. The molecule has 23 heavy (non-hydrogen) atoms. The molecule has 0 radical (unpaired) electrons. The summed E-state index contributed by atoms with van der Waals surface area (Å²) in [5, 5.41) is 10.9. The molecule has 0 aliphatic carbocycles. The Bertz CT molecular complexity index is 590. The monoisotopic (exact) mass is 319 g/mol. The van der Waals surface area contributed by atoms with E-state index in [9.17, 15) is 14.4 Å². The number of nitrogens with one attached hydrogen (secondary N) is 1. The number of esters is 1. The highest BCUT2D eigenvalue weighted by Gasteiger charge is 2.43. The average Bonchev–Trinajstić information content (AvgIpc) is 2.45. The highest BCUT2D eigenvalue weighted by molar-refractivity contribution is 5.98. The molecule has 1 heterocycles. The molecule has 1 aromatic carbocycles. The zero-order chi connectivity index (χ0) is 17.0. The fourth-order valence-electron chi connectivity index (χ4n) is 2.84. The summed E-state index contributed by atoms with van der Waals surface area (Å²) in [5.74, 6) is -0.476. The standard InChI is InChI=1S/C17H21NO5/c1-11(2)17(10-14(19)9-15(20)23-17)8-7-12-3-5-13(6-4-12)18-16(21)22/h3-6,11,18H,7-10H2,1-2H3,(H,21,22). The zero-order valence-electron chi connectivity index (χ0n) is 13.3. The van der Waals surface area contributed by atoms with Crippen molar-refractivity contribution in [2.45, 2.75) is 45.1 Å². The van der Waals surface area contributed by atoms with Crippen LogP contribution < -0.4 is 5.32 Å². The minimum absolute atomic E-state index is 0.0450. The molecule has 0 spiro atoms. The molecule has 2 N–H and O–H groups in total. The van der Waals surface area contributed by atoms with Crippen molar-refractivity contribution in [1.29, 1.82) is 0 Å². The lowest BCUT2D eigenvalue weighted by Crippen LogP contribution is -2.47. The van der Waals surface area contributed by atoms with Crippen molar-refractivity contribution < 1.29 is 24.2 Å². The Balaban J connectivity index is 2.05. The highest BCUT2D eigenvalue weighted by atomic mass is 16.6. The van der Waals surface area contributed by atoms with E-state index in [1.54, 1.807) is 12.1 Å². The minimum atomic E-state index is -1.11. The average molecular weight is 319 g/mol. The van der Waals surface area contributed by atoms with Gasteiger partial charge in [-0.3, -0.25) is 14.9 Å². The normalized spacial score (nSPS) is 21.2. The largest absolute Gasteiger partial charge is 0.465 e. The lowest BCUT2D eigenvalue weighted by molar-refractivity contribution is -0.177. The van der Waals surface area contributed by atoms with Crippen molar-refractivity contribution in [2.24, 2.45) is 5.92 Å². The van der Waals surface area contributed by atoms with Gasteiger partial charge in [0.1, 0.15) is 17.8 Å². The third kappa shape index (κ3) is 4.31. The SMILES string of the molecule is CC(C)C1(CCc2ccc(NC(=O)O)cc2)CC(=O)CC(=O)O1. The molecule has 124 valence electrons. The van der Waals surface area contributed by atoms with Gasteiger partial charge in [-0.25, -0.2) is 4.79 Å². The summed E-state index contributed by atoms with van der Waals surface area (Å²) in [5.41, 5.74) is 0.749. The van der Waals surface area contributed by atoms with Crippen LogP contribution in [0.25, 0.3) is 0 Å². The lowest BCUT2D eigenvalue weighted by atomic mass is 9.78. The molecule has 1 amide bonds. The number of cyclic esters (lactones) is 1. The van der Waals surface area contributed by atoms with Gasteiger partial charge in [-0.1, -0.05) is 26.0 Å². The molecular weight excluding hydrogens is 298 g/mol. The van der Waals surface area contributed by atoms with Crippen molar-refractivity contribution in [2.75, 3.05) is 5.32 Å². The summed E-state index contributed by atoms with van der Waals surface area (Å²) in [6.45, 7) is 3.90. The molecule has 1 atom stereocenters. The predicted molar refractivity (Wildman–Crippen MR) is 84.3 cm³/mol. The molecule has 6 nitrogen and oxygen atoms in total. The Morgan fingerprint density at radius 2 is 1.96 bits per heavy atom. The van der Waals surface area contributed by atoms with E-state index < -0.39 is 17.7 Å². The summed E-state index contributed by atoms with van der Waals surface area (Å²) in [6.07, 6.45) is 0.225. The van der Waals surface area contributed by atoms with Crippen LogP contribution in [0.2, 0.25) is 0 Å². The number of carbonyl (C=O) groups is 3. The maximum Gasteiger partial charge on any atom is 0.409 e. The second kappa shape index (κ2) is 6.81. The van der Waals surface area contributed by atoms with E-state index in [1.165, 1.54) is 0 Å². The molecule has 1 aliphatic heterocycles. The number of rotatable bonds is 5. The van der Waals surface area contributed by atoms with E-state index in [0.29, 0.717) is 18.5 Å². The third-order valence-corrected chi connectivity index (χ3v) is 4.25. The van der Waals surface area contributed by atoms with Gasteiger partial charge >= 0.3 is 12.1 Å². The quantitative estimate of drug-likeness (QED) is 0.643. The molecule has 1 saturated heterocycles. The van der Waals surface area contributed by atoms with Crippen molar-refractivity contribution in [3.05, 3.63) is 29.8 Å². The van der Waals surface area contributed by atoms with Gasteiger partial charge in [0, 0.05) is 12.1 Å². The first-order valence-electron chi connectivity index (χ1n) is 7.63. The lowest BCUT2D eigenvalue weighted by Gasteiger charge is -2.39. The summed E-state index contributed by atoms with van der Waals surface area (Å²) >= 11 is 0. The van der Waals surface area contributed by atoms with Gasteiger partial charge < -0.3 is 9.84 Å². The number of aryl methyl sites for hydroxylation is 1. The van der Waals surface area contributed by atoms with E-state index in [2.05, 4.69) is 5.32 Å². The minimum Gasteiger partial charge on any atom is -0.465 e. The first-order valence-corrected chi connectivity index (χ1v) is 7.63. The Morgan fingerprint density at radius 1 is 1.30 bits per heavy atom. The Morgan fingerprint density at radius 3 is 2.48 bits per heavy atom. The van der Waals surface area contributed by atoms with Crippen LogP contribution >= 0.6 is 0 Å². The Kier molecular flexibility index (Phi) is 5.03. The van der Waals surface area contributed by atoms with Crippen molar-refractivity contribution in [3.63, 3.8) is 0 Å². The van der Waals surface area contributed by atoms with E-state index in [-0.39, 0.29) is 24.5 Å². The van der Waals surface area contributed by atoms with Crippen LogP contribution in [0.15, 0.2) is 24.3 Å². The van der Waals surface area contributed by atoms with Gasteiger partial charge in [0.2, 0.25) is 0 Å². The predicted octanol–water partition coefficient (Wildman–Crippen LogP) is 3.01. The molecule has 0 aromatic heterocycles. The number of carbonyl (C=O) groups excluding carboxylic acids is 2. The van der Waals surface area contributed by atoms with Gasteiger partial charge in [-0.05, 0) is 36.5 Å². The zero-order valence-corrected chi connectivity index (χ0v) is 13.3. The van der Waals surface area contributed by atoms with E-state index in [1.807, 2.05) is 26.0 Å². The van der Waals surface area contributed by atoms with E-state index >= 15 is 0 Å². The Labute approximate surface area is 134 Å². The molecule has 1 unspecified atom stereocenters. The van der Waals surface area contributed by atoms with Crippen molar-refractivity contribution >= 4 is 23.5 Å². The maximum atomic E-state index is 11.8. The van der Waals surface area contributed by atoms with Gasteiger partial charge in [0.15, 0.2) is 0 Å². The van der Waals surface area contributed by atoms with Crippen molar-refractivity contribution in [3.8, 4) is 0 Å². The number of anilines is 1. The van der Waals surface area contributed by atoms with Crippen LogP contribution in [0.3, 0.4) is 0 Å². The second-order valence-corrected chi connectivity index (χ2v) is 6.21. The molecule has 1 fully saturated rings. The van der Waals surface area contributed by atoms with Crippen LogP contribution in [0.4, 0.5) is 10.5 Å². The van der Waals surface area contributed by atoms with Crippen molar-refractivity contribution in [1.82, 2.24) is 0 Å². The summed E-state index contributed by atoms with van der Waals surface area (Å²) < 4.78 is 5.55. The summed E-state index contributed by atoms with van der Waals surface area (Å²) in [4.78, 5) is 34.0. The topological polar surface area (TPSA) is 92.7 Å². The first-order chi connectivity index (χ1) is 10.8. The Hall–Kier alpha value is -2.37. The summed E-state index contributed by atoms with van der Waals surface area (Å²) in [7, 11) is 0. The smallest absolute Gasteiger partial charge is 0.409 e. The molecule has 1 aliphatic rings. The van der Waals surface area contributed by atoms with Crippen LogP contribution in [-0.4, -0.2) is 28.6 Å². The third-order valence-electron chi connectivity index (χ3n) is 4.25. The first kappa shape index (κ1) is 17.0. The number of amides is 1. The van der Waals surface area contributed by atoms with Crippen LogP contribution in [0.5, 0.6) is 0 Å². The molecule has 1 aromatic rings. The van der Waals surface area contributed by atoms with E-state index in [0.717, 1.165) is 5.56 Å². The highest BCUT2D eigenvalue weighted by Crippen LogP contribution is 2.35. The summed E-state index contributed by atoms with van der Waals surface area (Å²) in [6, 6.07) is 7.02. The number of benzene rings is 1. The van der Waals surface area contributed by atoms with Crippen LogP contribution in [0.1, 0.15) is 38.7 Å². The van der Waals surface area contributed by atoms with Crippen LogP contribution in [0, 0.1) is 5.92 Å². The van der Waals surface area contributed by atoms with Gasteiger partial charge in [-0.2, -0.15) is 0 Å². The van der Waals surface area contributed by atoms with E-state index in [4.69, 9.17) is 9.84 Å². The molecule has 0 saturated carbocycles.